The molecule has 5 rings (SSSR count). The Balaban J connectivity index is 0.000000193. The van der Waals surface area contributed by atoms with E-state index in [1.54, 1.807) is 6.20 Å². The largest absolute Gasteiger partial charge is 3.00 e. The fourth-order valence-corrected chi connectivity index (χ4v) is 3.18. The first-order valence-electron chi connectivity index (χ1n) is 10.2. The van der Waals surface area contributed by atoms with E-state index >= 15 is 0 Å². The van der Waals surface area contributed by atoms with Gasteiger partial charge in [-0.25, -0.2) is 11.1 Å². The van der Waals surface area contributed by atoms with Gasteiger partial charge < -0.3 is 4.98 Å². The van der Waals surface area contributed by atoms with Crippen LogP contribution in [0.4, 0.5) is 0 Å². The van der Waals surface area contributed by atoms with Gasteiger partial charge in [0.15, 0.2) is 0 Å². The van der Waals surface area contributed by atoms with Crippen molar-refractivity contribution < 1.29 is 20.1 Å². The minimum atomic E-state index is 0. The van der Waals surface area contributed by atoms with Crippen molar-refractivity contribution in [3.05, 3.63) is 139 Å². The van der Waals surface area contributed by atoms with Gasteiger partial charge in [0.2, 0.25) is 0 Å². The zero-order chi connectivity index (χ0) is 21.3. The maximum absolute atomic E-state index is 4.22. The first kappa shape index (κ1) is 23.3. The predicted octanol–water partition coefficient (Wildman–Crippen LogP) is 7.48. The monoisotopic (exact) mass is 589 g/mol. The van der Waals surface area contributed by atoms with Gasteiger partial charge in [0.05, 0.1) is 0 Å². The summed E-state index contributed by atoms with van der Waals surface area (Å²) in [7, 11) is 0. The molecule has 0 bridgehead atoms. The summed E-state index contributed by atoms with van der Waals surface area (Å²) in [6.45, 7) is 2.10. The molecule has 32 heavy (non-hydrogen) atoms. The van der Waals surface area contributed by atoms with Gasteiger partial charge in [-0.2, -0.15) is 42.5 Å². The Morgan fingerprint density at radius 3 is 1.84 bits per heavy atom. The number of nitrogens with zero attached hydrogens (tertiary/aromatic N) is 1. The van der Waals surface area contributed by atoms with E-state index in [9.17, 15) is 0 Å². The molecule has 1 heterocycles. The molecule has 1 nitrogen and oxygen atoms in total. The molecule has 0 atom stereocenters. The second kappa shape index (κ2) is 11.9. The zero-order valence-corrected chi connectivity index (χ0v) is 20.1. The Kier molecular flexibility index (Phi) is 8.69. The molecule has 2 heteroatoms. The van der Waals surface area contributed by atoms with Crippen molar-refractivity contribution >= 4 is 0 Å². The van der Waals surface area contributed by atoms with Gasteiger partial charge in [-0.15, -0.1) is 53.6 Å². The van der Waals surface area contributed by atoms with Crippen molar-refractivity contribution in [3.8, 4) is 33.5 Å². The number of benzene rings is 4. The quantitative estimate of drug-likeness (QED) is 0.199. The van der Waals surface area contributed by atoms with Crippen molar-refractivity contribution in [2.45, 2.75) is 6.92 Å². The van der Waals surface area contributed by atoms with Crippen LogP contribution in [0.2, 0.25) is 0 Å². The maximum atomic E-state index is 4.22. The van der Waals surface area contributed by atoms with Crippen LogP contribution in [0.3, 0.4) is 0 Å². The average molecular weight is 589 g/mol. The van der Waals surface area contributed by atoms with Crippen molar-refractivity contribution in [2.24, 2.45) is 0 Å². The van der Waals surface area contributed by atoms with Gasteiger partial charge in [-0.3, -0.25) is 0 Å². The number of aromatic nitrogens is 1. The normalized spacial score (nSPS) is 9.78. The molecule has 0 saturated carbocycles. The molecule has 0 unspecified atom stereocenters. The smallest absolute Gasteiger partial charge is 0.305 e. The van der Waals surface area contributed by atoms with Gasteiger partial charge in [0, 0.05) is 6.20 Å². The van der Waals surface area contributed by atoms with Crippen molar-refractivity contribution in [1.29, 1.82) is 0 Å². The number of hydrogen-bond donors (Lipinski definition) is 0. The van der Waals surface area contributed by atoms with Crippen LogP contribution in [0.15, 0.2) is 115 Å². The summed E-state index contributed by atoms with van der Waals surface area (Å²) in [5, 5.41) is 0. The molecule has 0 fully saturated rings. The van der Waals surface area contributed by atoms with E-state index in [2.05, 4.69) is 72.6 Å². The third-order valence-electron chi connectivity index (χ3n) is 4.84. The molecular weight excluding hydrogens is 567 g/mol. The van der Waals surface area contributed by atoms with Crippen LogP contribution >= 0.6 is 0 Å². The Morgan fingerprint density at radius 2 is 1.22 bits per heavy atom. The van der Waals surface area contributed by atoms with Crippen molar-refractivity contribution in [3.63, 3.8) is 0 Å². The molecular formula is C30H22IrN. The Morgan fingerprint density at radius 1 is 0.562 bits per heavy atom. The van der Waals surface area contributed by atoms with Crippen molar-refractivity contribution in [2.75, 3.05) is 0 Å². The number of aryl methyl sites for hydroxylation is 1. The van der Waals surface area contributed by atoms with Crippen LogP contribution < -0.4 is 0 Å². The number of hydrogen-bond acceptors (Lipinski definition) is 1. The second-order valence-electron chi connectivity index (χ2n) is 7.12. The number of rotatable bonds is 3. The topological polar surface area (TPSA) is 12.9 Å². The van der Waals surface area contributed by atoms with Gasteiger partial charge in [-0.1, -0.05) is 42.0 Å². The molecule has 0 saturated heterocycles. The van der Waals surface area contributed by atoms with Crippen LogP contribution in [-0.2, 0) is 20.1 Å². The van der Waals surface area contributed by atoms with Crippen LogP contribution in [0.1, 0.15) is 5.56 Å². The molecule has 156 valence electrons. The van der Waals surface area contributed by atoms with E-state index in [1.807, 2.05) is 66.7 Å². The molecule has 0 aliphatic heterocycles. The van der Waals surface area contributed by atoms with E-state index in [4.69, 9.17) is 0 Å². The summed E-state index contributed by atoms with van der Waals surface area (Å²) in [5.41, 5.74) is 7.90. The van der Waals surface area contributed by atoms with Crippen molar-refractivity contribution in [1.82, 2.24) is 4.98 Å². The maximum Gasteiger partial charge on any atom is 3.00 e. The molecule has 5 aromatic rings. The van der Waals surface area contributed by atoms with Crippen LogP contribution in [0.5, 0.6) is 0 Å². The molecule has 0 spiro atoms. The molecule has 0 N–H and O–H groups in total. The Bertz CT molecular complexity index is 1160. The van der Waals surface area contributed by atoms with Gasteiger partial charge in [0.25, 0.3) is 0 Å². The third-order valence-corrected chi connectivity index (χ3v) is 4.84. The fourth-order valence-electron chi connectivity index (χ4n) is 3.18. The minimum Gasteiger partial charge on any atom is -0.305 e. The molecule has 0 aliphatic carbocycles. The van der Waals surface area contributed by atoms with Gasteiger partial charge in [-0.05, 0) is 24.2 Å². The summed E-state index contributed by atoms with van der Waals surface area (Å²) in [6.07, 6.45) is 1.79. The average Bonchev–Trinajstić information content (AvgIpc) is 2.87. The third kappa shape index (κ3) is 6.34. The Hall–Kier alpha value is -3.32. The first-order chi connectivity index (χ1) is 15.3. The van der Waals surface area contributed by atoms with Gasteiger partial charge in [0.1, 0.15) is 0 Å². The van der Waals surface area contributed by atoms with Crippen LogP contribution in [0.25, 0.3) is 33.5 Å². The molecule has 1 aromatic heterocycles. The van der Waals surface area contributed by atoms with E-state index in [0.717, 1.165) is 22.4 Å². The summed E-state index contributed by atoms with van der Waals surface area (Å²) in [5.74, 6) is 0. The molecule has 4 aromatic carbocycles. The van der Waals surface area contributed by atoms with E-state index < -0.39 is 0 Å². The van der Waals surface area contributed by atoms with E-state index in [-0.39, 0.29) is 20.1 Å². The first-order valence-corrected chi connectivity index (χ1v) is 10.2. The summed E-state index contributed by atoms with van der Waals surface area (Å²) >= 11 is 0. The second-order valence-corrected chi connectivity index (χ2v) is 7.12. The summed E-state index contributed by atoms with van der Waals surface area (Å²) in [4.78, 5) is 4.22. The van der Waals surface area contributed by atoms with E-state index in [1.165, 1.54) is 16.7 Å². The minimum absolute atomic E-state index is 0. The Labute approximate surface area is 204 Å². The van der Waals surface area contributed by atoms with E-state index in [0.29, 0.717) is 0 Å². The van der Waals surface area contributed by atoms with Crippen LogP contribution in [0, 0.1) is 25.1 Å². The molecule has 0 aliphatic rings. The summed E-state index contributed by atoms with van der Waals surface area (Å²) < 4.78 is 0. The predicted molar refractivity (Wildman–Crippen MR) is 128 cm³/mol. The summed E-state index contributed by atoms with van der Waals surface area (Å²) in [6, 6.07) is 46.2. The SMILES string of the molecule is Cc1ccc(-c2cc[c-]c(-c3[c-]cccc3)c2)cc1.[Ir+3].[c-]1ccccc1-c1ccccn1. The zero-order valence-electron chi connectivity index (χ0n) is 17.8. The number of pyridine rings is 1. The molecule has 0 amide bonds. The molecule has 0 radical (unpaired) electrons. The standard InChI is InChI=1S/C19H14.C11H8N.Ir/c1-15-10-12-17(13-11-15)19-9-5-8-18(14-19)16-6-3-2-4-7-16;1-2-6-10(7-3-1)11-8-4-5-9-12-11;/h2-6,9-14H,1H3;1-6,8-9H;/q-2;-1;+3. The fraction of sp³-hybridized carbons (Fsp3) is 0.0333. The van der Waals surface area contributed by atoms with Crippen LogP contribution in [-0.4, -0.2) is 4.98 Å². The van der Waals surface area contributed by atoms with Gasteiger partial charge >= 0.3 is 20.1 Å².